The summed E-state index contributed by atoms with van der Waals surface area (Å²) < 4.78 is 16.2. The summed E-state index contributed by atoms with van der Waals surface area (Å²) in [5.41, 5.74) is 0.833. The number of nitrogens with one attached hydrogen (secondary N) is 1. The molecule has 2 aromatic rings. The predicted molar refractivity (Wildman–Crippen MR) is 89.6 cm³/mol. The van der Waals surface area contributed by atoms with Crippen molar-refractivity contribution < 1.29 is 9.18 Å². The van der Waals surface area contributed by atoms with E-state index in [0.29, 0.717) is 15.9 Å². The van der Waals surface area contributed by atoms with Crippen LogP contribution in [-0.2, 0) is 0 Å². The SMILES string of the molecule is CC(C)n1cc(Br)cc1C(=O)Nc1c(Cl)cc(F)cc1Br. The largest absolute Gasteiger partial charge is 0.340 e. The van der Waals surface area contributed by atoms with Gasteiger partial charge in [-0.2, -0.15) is 0 Å². The Bertz CT molecular complexity index is 677. The fraction of sp³-hybridized carbons (Fsp3) is 0.214. The quantitative estimate of drug-likeness (QED) is 0.661. The first-order valence-corrected chi connectivity index (χ1v) is 8.09. The number of nitrogens with zero attached hydrogens (tertiary/aromatic N) is 1. The van der Waals surface area contributed by atoms with Gasteiger partial charge in [0.25, 0.3) is 5.91 Å². The number of anilines is 1. The Hall–Kier alpha value is -0.850. The van der Waals surface area contributed by atoms with Crippen molar-refractivity contribution in [1.82, 2.24) is 4.57 Å². The Labute approximate surface area is 143 Å². The van der Waals surface area contributed by atoms with Crippen LogP contribution >= 0.6 is 43.5 Å². The molecule has 0 saturated heterocycles. The van der Waals surface area contributed by atoms with E-state index >= 15 is 0 Å². The zero-order chi connectivity index (χ0) is 15.7. The van der Waals surface area contributed by atoms with Crippen molar-refractivity contribution in [3.05, 3.63) is 49.9 Å². The van der Waals surface area contributed by atoms with Crippen LogP contribution in [0.1, 0.15) is 30.4 Å². The monoisotopic (exact) mass is 436 g/mol. The number of amides is 1. The molecule has 21 heavy (non-hydrogen) atoms. The lowest BCUT2D eigenvalue weighted by molar-refractivity contribution is 0.101. The standard InChI is InChI=1S/C14H12Br2ClFN2O/c1-7(2)20-6-8(15)3-12(20)14(21)19-13-10(16)4-9(18)5-11(13)17/h3-7H,1-2H3,(H,19,21). The highest BCUT2D eigenvalue weighted by Crippen LogP contribution is 2.32. The van der Waals surface area contributed by atoms with Gasteiger partial charge in [0.2, 0.25) is 0 Å². The van der Waals surface area contributed by atoms with Gasteiger partial charge in [0.1, 0.15) is 11.5 Å². The lowest BCUT2D eigenvalue weighted by atomic mass is 10.3. The maximum atomic E-state index is 13.2. The maximum Gasteiger partial charge on any atom is 0.272 e. The van der Waals surface area contributed by atoms with E-state index in [-0.39, 0.29) is 17.0 Å². The van der Waals surface area contributed by atoms with Crippen molar-refractivity contribution in [2.24, 2.45) is 0 Å². The van der Waals surface area contributed by atoms with E-state index in [1.165, 1.54) is 6.07 Å². The minimum atomic E-state index is -0.474. The summed E-state index contributed by atoms with van der Waals surface area (Å²) in [7, 11) is 0. The van der Waals surface area contributed by atoms with E-state index in [9.17, 15) is 9.18 Å². The van der Waals surface area contributed by atoms with Crippen molar-refractivity contribution in [3.63, 3.8) is 0 Å². The minimum Gasteiger partial charge on any atom is -0.340 e. The van der Waals surface area contributed by atoms with E-state index in [2.05, 4.69) is 37.2 Å². The van der Waals surface area contributed by atoms with Crippen LogP contribution in [-0.4, -0.2) is 10.5 Å². The summed E-state index contributed by atoms with van der Waals surface area (Å²) in [6.07, 6.45) is 1.83. The average molecular weight is 439 g/mol. The Morgan fingerprint density at radius 3 is 2.57 bits per heavy atom. The molecule has 1 aromatic carbocycles. The molecule has 3 nitrogen and oxygen atoms in total. The molecule has 0 unspecified atom stereocenters. The van der Waals surface area contributed by atoms with Crippen LogP contribution < -0.4 is 5.32 Å². The van der Waals surface area contributed by atoms with Gasteiger partial charge < -0.3 is 9.88 Å². The Morgan fingerprint density at radius 2 is 2.00 bits per heavy atom. The van der Waals surface area contributed by atoms with Crippen molar-refractivity contribution in [2.75, 3.05) is 5.32 Å². The summed E-state index contributed by atoms with van der Waals surface area (Å²) in [6.45, 7) is 3.95. The number of carbonyl (C=O) groups is 1. The van der Waals surface area contributed by atoms with Gasteiger partial charge in [0.15, 0.2) is 0 Å². The third kappa shape index (κ3) is 3.67. The zero-order valence-electron chi connectivity index (χ0n) is 11.3. The van der Waals surface area contributed by atoms with Crippen LogP contribution in [0.5, 0.6) is 0 Å². The number of halogens is 4. The molecule has 0 saturated carbocycles. The van der Waals surface area contributed by atoms with Gasteiger partial charge in [0.05, 0.1) is 10.7 Å². The molecule has 0 radical (unpaired) electrons. The number of aromatic nitrogens is 1. The summed E-state index contributed by atoms with van der Waals surface area (Å²) in [5, 5.41) is 2.84. The molecule has 7 heteroatoms. The molecule has 1 amide bonds. The number of benzene rings is 1. The van der Waals surface area contributed by atoms with Crippen molar-refractivity contribution in [2.45, 2.75) is 19.9 Å². The van der Waals surface area contributed by atoms with Crippen LogP contribution in [0.2, 0.25) is 5.02 Å². The topological polar surface area (TPSA) is 34.0 Å². The molecule has 1 heterocycles. The number of hydrogen-bond acceptors (Lipinski definition) is 1. The molecular formula is C14H12Br2ClFN2O. The summed E-state index contributed by atoms with van der Waals surface area (Å²) in [6, 6.07) is 4.25. The first-order valence-electron chi connectivity index (χ1n) is 6.13. The predicted octanol–water partition coefficient (Wildman–Crippen LogP) is 5.64. The average Bonchev–Trinajstić information content (AvgIpc) is 2.76. The van der Waals surface area contributed by atoms with Crippen molar-refractivity contribution in [1.29, 1.82) is 0 Å². The Balaban J connectivity index is 2.35. The second-order valence-electron chi connectivity index (χ2n) is 4.74. The van der Waals surface area contributed by atoms with Gasteiger partial charge in [0, 0.05) is 21.2 Å². The lowest BCUT2D eigenvalue weighted by Crippen LogP contribution is -2.18. The number of rotatable bonds is 3. The maximum absolute atomic E-state index is 13.2. The smallest absolute Gasteiger partial charge is 0.272 e. The minimum absolute atomic E-state index is 0.129. The van der Waals surface area contributed by atoms with E-state index in [0.717, 1.165) is 10.5 Å². The van der Waals surface area contributed by atoms with Gasteiger partial charge in [-0.25, -0.2) is 4.39 Å². The Morgan fingerprint density at radius 1 is 1.33 bits per heavy atom. The van der Waals surface area contributed by atoms with Gasteiger partial charge >= 0.3 is 0 Å². The Kier molecular flexibility index (Phi) is 5.11. The molecule has 0 atom stereocenters. The fourth-order valence-electron chi connectivity index (χ4n) is 1.89. The molecule has 0 fully saturated rings. The lowest BCUT2D eigenvalue weighted by Gasteiger charge is -2.14. The van der Waals surface area contributed by atoms with Gasteiger partial charge in [-0.05, 0) is 63.9 Å². The van der Waals surface area contributed by atoms with Gasteiger partial charge in [-0.15, -0.1) is 0 Å². The van der Waals surface area contributed by atoms with E-state index in [1.54, 1.807) is 6.07 Å². The summed E-state index contributed by atoms with van der Waals surface area (Å²) >= 11 is 12.5. The highest BCUT2D eigenvalue weighted by Gasteiger charge is 2.18. The van der Waals surface area contributed by atoms with Crippen LogP contribution in [0.4, 0.5) is 10.1 Å². The molecule has 1 aromatic heterocycles. The fourth-order valence-corrected chi connectivity index (χ4v) is 3.23. The van der Waals surface area contributed by atoms with Crippen LogP contribution in [0.3, 0.4) is 0 Å². The normalized spacial score (nSPS) is 11.0. The molecule has 0 aliphatic heterocycles. The number of hydrogen-bond donors (Lipinski definition) is 1. The van der Waals surface area contributed by atoms with E-state index < -0.39 is 5.82 Å². The highest BCUT2D eigenvalue weighted by molar-refractivity contribution is 9.10. The third-order valence-electron chi connectivity index (χ3n) is 2.85. The first-order chi connectivity index (χ1) is 9.79. The van der Waals surface area contributed by atoms with Crippen molar-refractivity contribution in [3.8, 4) is 0 Å². The van der Waals surface area contributed by atoms with E-state index in [1.807, 2.05) is 24.6 Å². The van der Waals surface area contributed by atoms with Crippen LogP contribution in [0, 0.1) is 5.82 Å². The van der Waals surface area contributed by atoms with Crippen molar-refractivity contribution >= 4 is 55.1 Å². The summed E-state index contributed by atoms with van der Waals surface area (Å²) in [5.74, 6) is -0.790. The van der Waals surface area contributed by atoms with Gasteiger partial charge in [-0.3, -0.25) is 4.79 Å². The van der Waals surface area contributed by atoms with Gasteiger partial charge in [-0.1, -0.05) is 11.6 Å². The number of carbonyl (C=O) groups excluding carboxylic acids is 1. The summed E-state index contributed by atoms with van der Waals surface area (Å²) in [4.78, 5) is 12.4. The zero-order valence-corrected chi connectivity index (χ0v) is 15.2. The second kappa shape index (κ2) is 6.50. The molecule has 0 bridgehead atoms. The molecule has 0 aliphatic carbocycles. The van der Waals surface area contributed by atoms with Crippen LogP contribution in [0.15, 0.2) is 33.3 Å². The van der Waals surface area contributed by atoms with E-state index in [4.69, 9.17) is 11.6 Å². The molecule has 0 aliphatic rings. The first kappa shape index (κ1) is 16.5. The second-order valence-corrected chi connectivity index (χ2v) is 6.92. The molecule has 2 rings (SSSR count). The molecular weight excluding hydrogens is 426 g/mol. The third-order valence-corrected chi connectivity index (χ3v) is 4.21. The highest BCUT2D eigenvalue weighted by atomic mass is 79.9. The molecule has 112 valence electrons. The molecule has 0 spiro atoms. The van der Waals surface area contributed by atoms with Crippen LogP contribution in [0.25, 0.3) is 0 Å². The molecule has 1 N–H and O–H groups in total.